The van der Waals surface area contributed by atoms with Gasteiger partial charge in [0.1, 0.15) is 6.10 Å². The molecule has 0 saturated heterocycles. The van der Waals surface area contributed by atoms with Crippen molar-refractivity contribution in [2.24, 2.45) is 0 Å². The van der Waals surface area contributed by atoms with E-state index in [9.17, 15) is 9.59 Å². The smallest absolute Gasteiger partial charge is 0.331 e. The van der Waals surface area contributed by atoms with Crippen LogP contribution in [0.1, 0.15) is 18.6 Å². The van der Waals surface area contributed by atoms with Gasteiger partial charge < -0.3 is 9.84 Å². The molecule has 16 heavy (non-hydrogen) atoms. The van der Waals surface area contributed by atoms with Crippen LogP contribution in [0.15, 0.2) is 42.5 Å². The maximum absolute atomic E-state index is 11.2. The molecule has 0 fully saturated rings. The fourth-order valence-electron chi connectivity index (χ4n) is 1.14. The minimum absolute atomic E-state index is 0.396. The average molecular weight is 220 g/mol. The lowest BCUT2D eigenvalue weighted by Crippen LogP contribution is -2.06. The quantitative estimate of drug-likeness (QED) is 0.622. The number of carboxylic acids is 1. The summed E-state index contributed by atoms with van der Waals surface area (Å²) in [7, 11) is 0. The van der Waals surface area contributed by atoms with Crippen LogP contribution in [-0.2, 0) is 14.3 Å². The third kappa shape index (κ3) is 3.96. The Morgan fingerprint density at radius 1 is 1.25 bits per heavy atom. The lowest BCUT2D eigenvalue weighted by atomic mass is 10.1. The van der Waals surface area contributed by atoms with Crippen molar-refractivity contribution in [1.29, 1.82) is 0 Å². The molecule has 0 saturated carbocycles. The van der Waals surface area contributed by atoms with E-state index in [-0.39, 0.29) is 0 Å². The maximum atomic E-state index is 11.2. The molecule has 1 aromatic rings. The molecule has 1 N–H and O–H groups in total. The molecule has 0 heterocycles. The summed E-state index contributed by atoms with van der Waals surface area (Å²) in [6.45, 7) is 1.72. The van der Waals surface area contributed by atoms with E-state index in [1.807, 2.05) is 30.3 Å². The first-order chi connectivity index (χ1) is 7.59. The van der Waals surface area contributed by atoms with Crippen LogP contribution in [0.5, 0.6) is 0 Å². The maximum Gasteiger partial charge on any atom is 0.331 e. The Balaban J connectivity index is 2.55. The highest BCUT2D eigenvalue weighted by Gasteiger charge is 2.08. The fourth-order valence-corrected chi connectivity index (χ4v) is 1.14. The SMILES string of the molecule is CC(OC(=O)C=CC(=O)O)c1ccccc1. The first-order valence-electron chi connectivity index (χ1n) is 4.76. The van der Waals surface area contributed by atoms with Crippen molar-refractivity contribution < 1.29 is 19.4 Å². The Hall–Kier alpha value is -2.10. The van der Waals surface area contributed by atoms with E-state index in [2.05, 4.69) is 0 Å². The molecule has 1 atom stereocenters. The van der Waals surface area contributed by atoms with Gasteiger partial charge in [-0.05, 0) is 12.5 Å². The zero-order valence-corrected chi connectivity index (χ0v) is 8.79. The zero-order chi connectivity index (χ0) is 12.0. The Morgan fingerprint density at radius 2 is 1.88 bits per heavy atom. The molecular formula is C12H12O4. The van der Waals surface area contributed by atoms with Crippen molar-refractivity contribution in [2.75, 3.05) is 0 Å². The molecule has 84 valence electrons. The molecule has 0 aromatic heterocycles. The molecule has 0 aliphatic rings. The van der Waals surface area contributed by atoms with E-state index in [0.717, 1.165) is 17.7 Å². The lowest BCUT2D eigenvalue weighted by molar-refractivity contribution is -0.143. The van der Waals surface area contributed by atoms with E-state index in [4.69, 9.17) is 9.84 Å². The van der Waals surface area contributed by atoms with Crippen molar-refractivity contribution in [3.05, 3.63) is 48.0 Å². The van der Waals surface area contributed by atoms with Crippen molar-refractivity contribution in [2.45, 2.75) is 13.0 Å². The highest BCUT2D eigenvalue weighted by Crippen LogP contribution is 2.15. The van der Waals surface area contributed by atoms with Gasteiger partial charge in [0.05, 0.1) is 0 Å². The molecule has 0 amide bonds. The summed E-state index contributed by atoms with van der Waals surface area (Å²) in [6.07, 6.45) is 1.24. The monoisotopic (exact) mass is 220 g/mol. The number of aliphatic carboxylic acids is 1. The van der Waals surface area contributed by atoms with Gasteiger partial charge in [0.2, 0.25) is 0 Å². The summed E-state index contributed by atoms with van der Waals surface area (Å²) in [5.41, 5.74) is 0.861. The van der Waals surface area contributed by atoms with Crippen LogP contribution in [0.3, 0.4) is 0 Å². The number of carbonyl (C=O) groups is 2. The number of ether oxygens (including phenoxy) is 1. The van der Waals surface area contributed by atoms with Gasteiger partial charge in [-0.3, -0.25) is 0 Å². The predicted octanol–water partition coefficient (Wildman–Crippen LogP) is 1.93. The van der Waals surface area contributed by atoms with Crippen LogP contribution >= 0.6 is 0 Å². The number of benzene rings is 1. The Bertz CT molecular complexity index is 395. The third-order valence-corrected chi connectivity index (χ3v) is 1.92. The van der Waals surface area contributed by atoms with Gasteiger partial charge in [0.25, 0.3) is 0 Å². The Kier molecular flexibility index (Phi) is 4.27. The number of hydrogen-bond acceptors (Lipinski definition) is 3. The van der Waals surface area contributed by atoms with E-state index in [1.54, 1.807) is 6.92 Å². The van der Waals surface area contributed by atoms with Gasteiger partial charge >= 0.3 is 11.9 Å². The third-order valence-electron chi connectivity index (χ3n) is 1.92. The van der Waals surface area contributed by atoms with Crippen LogP contribution in [0.4, 0.5) is 0 Å². The number of carbonyl (C=O) groups excluding carboxylic acids is 1. The van der Waals surface area contributed by atoms with Crippen molar-refractivity contribution in [1.82, 2.24) is 0 Å². The van der Waals surface area contributed by atoms with Gasteiger partial charge in [-0.2, -0.15) is 0 Å². The highest BCUT2D eigenvalue weighted by molar-refractivity contribution is 5.90. The van der Waals surface area contributed by atoms with Crippen LogP contribution in [0.2, 0.25) is 0 Å². The molecule has 0 spiro atoms. The molecule has 1 aromatic carbocycles. The van der Waals surface area contributed by atoms with Gasteiger partial charge in [-0.1, -0.05) is 30.3 Å². The summed E-state index contributed by atoms with van der Waals surface area (Å²) in [5, 5.41) is 8.32. The first-order valence-corrected chi connectivity index (χ1v) is 4.76. The summed E-state index contributed by atoms with van der Waals surface area (Å²) in [6, 6.07) is 9.21. The van der Waals surface area contributed by atoms with Crippen LogP contribution in [0.25, 0.3) is 0 Å². The highest BCUT2D eigenvalue weighted by atomic mass is 16.5. The van der Waals surface area contributed by atoms with Gasteiger partial charge in [0, 0.05) is 12.2 Å². The minimum atomic E-state index is -1.18. The second-order valence-corrected chi connectivity index (χ2v) is 3.16. The number of rotatable bonds is 4. The van der Waals surface area contributed by atoms with E-state index < -0.39 is 18.0 Å². The van der Waals surface area contributed by atoms with Crippen molar-refractivity contribution in [3.63, 3.8) is 0 Å². The van der Waals surface area contributed by atoms with Gasteiger partial charge in [0.15, 0.2) is 0 Å². The minimum Gasteiger partial charge on any atom is -0.478 e. The van der Waals surface area contributed by atoms with E-state index in [0.29, 0.717) is 0 Å². The first kappa shape index (κ1) is 12.0. The van der Waals surface area contributed by atoms with Crippen LogP contribution < -0.4 is 0 Å². The lowest BCUT2D eigenvalue weighted by Gasteiger charge is -2.11. The summed E-state index contributed by atoms with van der Waals surface area (Å²) in [5.74, 6) is -1.84. The largest absolute Gasteiger partial charge is 0.478 e. The second-order valence-electron chi connectivity index (χ2n) is 3.16. The summed E-state index contributed by atoms with van der Waals surface area (Å²) < 4.78 is 5.00. The molecule has 1 unspecified atom stereocenters. The number of hydrogen-bond donors (Lipinski definition) is 1. The topological polar surface area (TPSA) is 63.6 Å². The predicted molar refractivity (Wildman–Crippen MR) is 57.7 cm³/mol. The molecule has 1 rings (SSSR count). The summed E-state index contributed by atoms with van der Waals surface area (Å²) >= 11 is 0. The van der Waals surface area contributed by atoms with Crippen molar-refractivity contribution in [3.8, 4) is 0 Å². The Labute approximate surface area is 93.2 Å². The zero-order valence-electron chi connectivity index (χ0n) is 8.79. The molecule has 0 radical (unpaired) electrons. The standard InChI is InChI=1S/C12H12O4/c1-9(10-5-3-2-4-6-10)16-12(15)8-7-11(13)14/h2-9H,1H3,(H,13,14). The van der Waals surface area contributed by atoms with E-state index in [1.165, 1.54) is 0 Å². The van der Waals surface area contributed by atoms with E-state index >= 15 is 0 Å². The fraction of sp³-hybridized carbons (Fsp3) is 0.167. The van der Waals surface area contributed by atoms with Crippen LogP contribution in [0, 0.1) is 0 Å². The molecule has 4 nitrogen and oxygen atoms in total. The second kappa shape index (κ2) is 5.70. The normalized spacial score (nSPS) is 12.3. The van der Waals surface area contributed by atoms with Gasteiger partial charge in [-0.25, -0.2) is 9.59 Å². The average Bonchev–Trinajstić information content (AvgIpc) is 2.27. The molecule has 0 bridgehead atoms. The molecule has 0 aliphatic heterocycles. The molecular weight excluding hydrogens is 208 g/mol. The van der Waals surface area contributed by atoms with Crippen LogP contribution in [-0.4, -0.2) is 17.0 Å². The van der Waals surface area contributed by atoms with Crippen molar-refractivity contribution >= 4 is 11.9 Å². The number of carboxylic acid groups (broad SMARTS) is 1. The molecule has 4 heteroatoms. The Morgan fingerprint density at radius 3 is 2.44 bits per heavy atom. The summed E-state index contributed by atoms with van der Waals surface area (Å²) in [4.78, 5) is 21.3. The molecule has 0 aliphatic carbocycles. The number of esters is 1. The van der Waals surface area contributed by atoms with Gasteiger partial charge in [-0.15, -0.1) is 0 Å².